The standard InChI is InChI=1S/C15H9NO7/c17-13(8-1-4-10(5-2-8)16(22)23)9-3-6-11(14(18)19)12(7-9)15(20)21/h1-7H,(H,18,19)(H,20,21). The normalized spacial score (nSPS) is 10.1. The van der Waals surface area contributed by atoms with E-state index in [-0.39, 0.29) is 16.8 Å². The number of carboxylic acid groups (broad SMARTS) is 2. The molecule has 0 bridgehead atoms. The van der Waals surface area contributed by atoms with Crippen LogP contribution in [0.3, 0.4) is 0 Å². The van der Waals surface area contributed by atoms with Crippen molar-refractivity contribution >= 4 is 23.4 Å². The van der Waals surface area contributed by atoms with Crippen molar-refractivity contribution in [3.63, 3.8) is 0 Å². The number of non-ortho nitro benzene ring substituents is 1. The van der Waals surface area contributed by atoms with E-state index in [1.807, 2.05) is 0 Å². The van der Waals surface area contributed by atoms with Gasteiger partial charge in [0, 0.05) is 23.3 Å². The number of benzene rings is 2. The highest BCUT2D eigenvalue weighted by atomic mass is 16.6. The molecule has 2 rings (SSSR count). The van der Waals surface area contributed by atoms with E-state index in [1.54, 1.807) is 0 Å². The summed E-state index contributed by atoms with van der Waals surface area (Å²) in [4.78, 5) is 44.3. The minimum atomic E-state index is -1.47. The molecule has 0 aliphatic carbocycles. The van der Waals surface area contributed by atoms with Crippen LogP contribution in [0.15, 0.2) is 42.5 Å². The minimum Gasteiger partial charge on any atom is -0.478 e. The number of carbonyl (C=O) groups excluding carboxylic acids is 1. The fourth-order valence-corrected chi connectivity index (χ4v) is 1.95. The van der Waals surface area contributed by atoms with Crippen LogP contribution in [0.2, 0.25) is 0 Å². The maximum atomic E-state index is 12.3. The van der Waals surface area contributed by atoms with Gasteiger partial charge in [-0.15, -0.1) is 0 Å². The number of nitro benzene ring substituents is 1. The summed E-state index contributed by atoms with van der Waals surface area (Å²) in [7, 11) is 0. The van der Waals surface area contributed by atoms with Crippen molar-refractivity contribution in [3.8, 4) is 0 Å². The first-order chi connectivity index (χ1) is 10.8. The summed E-state index contributed by atoms with van der Waals surface area (Å²) < 4.78 is 0. The van der Waals surface area contributed by atoms with Gasteiger partial charge in [-0.25, -0.2) is 9.59 Å². The second-order valence-corrected chi connectivity index (χ2v) is 4.50. The van der Waals surface area contributed by atoms with E-state index < -0.39 is 33.8 Å². The van der Waals surface area contributed by atoms with Crippen molar-refractivity contribution in [2.45, 2.75) is 0 Å². The monoisotopic (exact) mass is 315 g/mol. The van der Waals surface area contributed by atoms with E-state index in [4.69, 9.17) is 10.2 Å². The number of rotatable bonds is 5. The van der Waals surface area contributed by atoms with Crippen LogP contribution in [0.4, 0.5) is 5.69 Å². The van der Waals surface area contributed by atoms with Crippen LogP contribution < -0.4 is 0 Å². The first-order valence-corrected chi connectivity index (χ1v) is 6.21. The second-order valence-electron chi connectivity index (χ2n) is 4.50. The third-order valence-corrected chi connectivity index (χ3v) is 3.08. The van der Waals surface area contributed by atoms with Crippen LogP contribution in [0.1, 0.15) is 36.6 Å². The summed E-state index contributed by atoms with van der Waals surface area (Å²) in [6.45, 7) is 0. The van der Waals surface area contributed by atoms with Gasteiger partial charge < -0.3 is 10.2 Å². The summed E-state index contributed by atoms with van der Waals surface area (Å²) in [5.74, 6) is -3.46. The molecule has 0 saturated carbocycles. The molecule has 2 aromatic carbocycles. The fourth-order valence-electron chi connectivity index (χ4n) is 1.95. The summed E-state index contributed by atoms with van der Waals surface area (Å²) in [5, 5.41) is 28.5. The van der Waals surface area contributed by atoms with Gasteiger partial charge in [-0.1, -0.05) is 6.07 Å². The van der Waals surface area contributed by atoms with Crippen LogP contribution in [0, 0.1) is 10.1 Å². The van der Waals surface area contributed by atoms with Crippen molar-refractivity contribution in [3.05, 3.63) is 74.8 Å². The molecule has 0 atom stereocenters. The molecule has 2 N–H and O–H groups in total. The summed E-state index contributed by atoms with van der Waals surface area (Å²) in [6.07, 6.45) is 0. The Hall–Kier alpha value is -3.55. The number of carboxylic acids is 2. The van der Waals surface area contributed by atoms with Gasteiger partial charge in [-0.05, 0) is 24.3 Å². The predicted molar refractivity (Wildman–Crippen MR) is 76.9 cm³/mol. The first kappa shape index (κ1) is 15.8. The average molecular weight is 315 g/mol. The molecule has 0 saturated heterocycles. The highest BCUT2D eigenvalue weighted by molar-refractivity contribution is 6.11. The Labute approximate surface area is 128 Å². The summed E-state index contributed by atoms with van der Waals surface area (Å²) in [6, 6.07) is 7.98. The molecule has 116 valence electrons. The Kier molecular flexibility index (Phi) is 4.17. The van der Waals surface area contributed by atoms with E-state index in [1.165, 1.54) is 18.2 Å². The van der Waals surface area contributed by atoms with Gasteiger partial charge in [0.15, 0.2) is 5.78 Å². The Morgan fingerprint density at radius 2 is 1.35 bits per heavy atom. The van der Waals surface area contributed by atoms with Gasteiger partial charge in [-0.3, -0.25) is 14.9 Å². The zero-order chi connectivity index (χ0) is 17.1. The van der Waals surface area contributed by atoms with Crippen molar-refractivity contribution in [2.24, 2.45) is 0 Å². The maximum Gasteiger partial charge on any atom is 0.336 e. The molecule has 0 aromatic heterocycles. The Morgan fingerprint density at radius 3 is 1.83 bits per heavy atom. The molecule has 8 nitrogen and oxygen atoms in total. The first-order valence-electron chi connectivity index (χ1n) is 6.21. The molecular weight excluding hydrogens is 306 g/mol. The van der Waals surface area contributed by atoms with Gasteiger partial charge >= 0.3 is 11.9 Å². The lowest BCUT2D eigenvalue weighted by Gasteiger charge is -2.05. The molecule has 0 unspecified atom stereocenters. The van der Waals surface area contributed by atoms with Crippen LogP contribution in [0.25, 0.3) is 0 Å². The molecule has 23 heavy (non-hydrogen) atoms. The molecule has 0 fully saturated rings. The maximum absolute atomic E-state index is 12.3. The lowest BCUT2D eigenvalue weighted by Crippen LogP contribution is -2.11. The molecule has 0 spiro atoms. The highest BCUT2D eigenvalue weighted by Gasteiger charge is 2.19. The average Bonchev–Trinajstić information content (AvgIpc) is 2.53. The number of hydrogen-bond acceptors (Lipinski definition) is 5. The number of ketones is 1. The summed E-state index contributed by atoms with van der Waals surface area (Å²) >= 11 is 0. The van der Waals surface area contributed by atoms with Crippen molar-refractivity contribution < 1.29 is 29.5 Å². The molecule has 0 heterocycles. The van der Waals surface area contributed by atoms with E-state index in [0.717, 1.165) is 24.3 Å². The molecule has 0 aliphatic rings. The van der Waals surface area contributed by atoms with Crippen LogP contribution >= 0.6 is 0 Å². The number of hydrogen-bond donors (Lipinski definition) is 2. The predicted octanol–water partition coefficient (Wildman–Crippen LogP) is 2.22. The summed E-state index contributed by atoms with van der Waals surface area (Å²) in [5.41, 5.74) is -1.03. The SMILES string of the molecule is O=C(c1ccc([N+](=O)[O-])cc1)c1ccc(C(=O)O)c(C(=O)O)c1. The second kappa shape index (κ2) is 6.06. The fraction of sp³-hybridized carbons (Fsp3) is 0. The topological polar surface area (TPSA) is 135 Å². The van der Waals surface area contributed by atoms with Gasteiger partial charge in [0.05, 0.1) is 16.1 Å². The number of nitrogens with zero attached hydrogens (tertiary/aromatic N) is 1. The largest absolute Gasteiger partial charge is 0.478 e. The lowest BCUT2D eigenvalue weighted by molar-refractivity contribution is -0.384. The van der Waals surface area contributed by atoms with E-state index in [2.05, 4.69) is 0 Å². The van der Waals surface area contributed by atoms with Crippen LogP contribution in [-0.4, -0.2) is 32.9 Å². The van der Waals surface area contributed by atoms with Gasteiger partial charge in [0.25, 0.3) is 5.69 Å². The Balaban J connectivity index is 2.43. The zero-order valence-electron chi connectivity index (χ0n) is 11.4. The van der Waals surface area contributed by atoms with E-state index in [9.17, 15) is 24.5 Å². The van der Waals surface area contributed by atoms with E-state index in [0.29, 0.717) is 0 Å². The van der Waals surface area contributed by atoms with Crippen LogP contribution in [0.5, 0.6) is 0 Å². The number of carbonyl (C=O) groups is 3. The Bertz CT molecular complexity index is 824. The molecule has 0 radical (unpaired) electrons. The highest BCUT2D eigenvalue weighted by Crippen LogP contribution is 2.18. The van der Waals surface area contributed by atoms with Gasteiger partial charge in [0.2, 0.25) is 0 Å². The van der Waals surface area contributed by atoms with Gasteiger partial charge in [-0.2, -0.15) is 0 Å². The molecule has 2 aromatic rings. The lowest BCUT2D eigenvalue weighted by atomic mass is 9.98. The van der Waals surface area contributed by atoms with Crippen molar-refractivity contribution in [2.75, 3.05) is 0 Å². The quantitative estimate of drug-likeness (QED) is 0.490. The molecule has 8 heteroatoms. The number of aromatic carboxylic acids is 2. The Morgan fingerprint density at radius 1 is 0.826 bits per heavy atom. The minimum absolute atomic E-state index is 0.0266. The molecule has 0 amide bonds. The third kappa shape index (κ3) is 3.21. The zero-order valence-corrected chi connectivity index (χ0v) is 11.4. The van der Waals surface area contributed by atoms with Crippen molar-refractivity contribution in [1.82, 2.24) is 0 Å². The molecule has 0 aliphatic heterocycles. The smallest absolute Gasteiger partial charge is 0.336 e. The van der Waals surface area contributed by atoms with Crippen LogP contribution in [-0.2, 0) is 0 Å². The molecular formula is C15H9NO7. The van der Waals surface area contributed by atoms with Gasteiger partial charge in [0.1, 0.15) is 0 Å². The third-order valence-electron chi connectivity index (χ3n) is 3.08. The van der Waals surface area contributed by atoms with Crippen molar-refractivity contribution in [1.29, 1.82) is 0 Å². The number of nitro groups is 1. The van der Waals surface area contributed by atoms with E-state index >= 15 is 0 Å².